The third-order valence-corrected chi connectivity index (χ3v) is 6.00. The van der Waals surface area contributed by atoms with Gasteiger partial charge in [0.05, 0.1) is 18.2 Å². The van der Waals surface area contributed by atoms with E-state index in [1.54, 1.807) is 12.1 Å². The molecule has 0 bridgehead atoms. The molecule has 2 nitrogen and oxygen atoms in total. The van der Waals surface area contributed by atoms with Crippen LogP contribution in [0.15, 0.2) is 78.9 Å². The smallest absolute Gasteiger partial charge is 0.134 e. The molecule has 4 aromatic carbocycles. The quantitative estimate of drug-likeness (QED) is 0.250. The summed E-state index contributed by atoms with van der Waals surface area (Å²) in [5, 5.41) is 10.5. The molecule has 0 radical (unpaired) electrons. The number of rotatable bonds is 9. The molecular weight excluding hydrogens is 409 g/mol. The number of fused-ring (bicyclic) bond motifs is 1. The van der Waals surface area contributed by atoms with Gasteiger partial charge in [0, 0.05) is 5.39 Å². The molecule has 0 N–H and O–H groups in total. The Bertz CT molecular complexity index is 1250. The third kappa shape index (κ3) is 5.59. The van der Waals surface area contributed by atoms with Gasteiger partial charge >= 0.3 is 0 Å². The van der Waals surface area contributed by atoms with E-state index in [-0.39, 0.29) is 5.82 Å². The van der Waals surface area contributed by atoms with Crippen molar-refractivity contribution in [3.63, 3.8) is 0 Å². The number of hydrogen-bond acceptors (Lipinski definition) is 2. The summed E-state index contributed by atoms with van der Waals surface area (Å²) in [5.74, 6) is 0.733. The summed E-state index contributed by atoms with van der Waals surface area (Å²) in [4.78, 5) is 0. The van der Waals surface area contributed by atoms with Crippen LogP contribution >= 0.6 is 0 Å². The molecule has 4 aromatic rings. The predicted octanol–water partition coefficient (Wildman–Crippen LogP) is 7.87. The molecular formula is C30H28FNO. The number of benzene rings is 4. The lowest BCUT2D eigenvalue weighted by atomic mass is 9.97. The normalized spacial score (nSPS) is 10.8. The van der Waals surface area contributed by atoms with Crippen molar-refractivity contribution in [2.24, 2.45) is 0 Å². The largest absolute Gasteiger partial charge is 0.494 e. The molecule has 0 aliphatic carbocycles. The van der Waals surface area contributed by atoms with E-state index in [4.69, 9.17) is 10.00 Å². The van der Waals surface area contributed by atoms with E-state index in [1.807, 2.05) is 54.6 Å². The lowest BCUT2D eigenvalue weighted by Crippen LogP contribution is -1.97. The number of hydrogen-bond donors (Lipinski definition) is 0. The van der Waals surface area contributed by atoms with Crippen LogP contribution in [0.5, 0.6) is 5.75 Å². The highest BCUT2D eigenvalue weighted by Crippen LogP contribution is 2.29. The Morgan fingerprint density at radius 1 is 0.818 bits per heavy atom. The van der Waals surface area contributed by atoms with Crippen LogP contribution in [-0.2, 0) is 12.8 Å². The average molecular weight is 438 g/mol. The molecule has 3 heteroatoms. The second-order valence-electron chi connectivity index (χ2n) is 8.36. The lowest BCUT2D eigenvalue weighted by molar-refractivity contribution is 0.306. The first kappa shape index (κ1) is 22.6. The molecule has 4 rings (SSSR count). The maximum atomic E-state index is 15.2. The van der Waals surface area contributed by atoms with E-state index in [1.165, 1.54) is 12.8 Å². The Labute approximate surface area is 195 Å². The fourth-order valence-electron chi connectivity index (χ4n) is 4.02. The van der Waals surface area contributed by atoms with E-state index in [0.717, 1.165) is 47.3 Å². The summed E-state index contributed by atoms with van der Waals surface area (Å²) in [6, 6.07) is 27.5. The lowest BCUT2D eigenvalue weighted by Gasteiger charge is -2.10. The van der Waals surface area contributed by atoms with Crippen LogP contribution in [0.1, 0.15) is 42.9 Å². The number of ether oxygens (including phenoxy) is 1. The van der Waals surface area contributed by atoms with Crippen molar-refractivity contribution < 1.29 is 9.13 Å². The number of nitriles is 1. The zero-order valence-corrected chi connectivity index (χ0v) is 19.0. The van der Waals surface area contributed by atoms with Crippen molar-refractivity contribution in [1.29, 1.82) is 5.26 Å². The Hall–Kier alpha value is -3.64. The van der Waals surface area contributed by atoms with Gasteiger partial charge in [0.25, 0.3) is 0 Å². The van der Waals surface area contributed by atoms with E-state index in [0.29, 0.717) is 22.9 Å². The minimum absolute atomic E-state index is 0.150. The van der Waals surface area contributed by atoms with Gasteiger partial charge in [0.2, 0.25) is 0 Å². The monoisotopic (exact) mass is 437 g/mol. The molecule has 0 atom stereocenters. The molecule has 0 aromatic heterocycles. The topological polar surface area (TPSA) is 33.0 Å². The fourth-order valence-corrected chi connectivity index (χ4v) is 4.02. The highest BCUT2D eigenvalue weighted by molar-refractivity contribution is 5.88. The van der Waals surface area contributed by atoms with Gasteiger partial charge in [-0.2, -0.15) is 5.26 Å². The fraction of sp³-hybridized carbons (Fsp3) is 0.233. The van der Waals surface area contributed by atoms with Crippen LogP contribution in [0.2, 0.25) is 0 Å². The first-order chi connectivity index (χ1) is 16.2. The van der Waals surface area contributed by atoms with Gasteiger partial charge in [-0.3, -0.25) is 0 Å². The maximum Gasteiger partial charge on any atom is 0.134 e. The molecule has 0 aliphatic rings. The van der Waals surface area contributed by atoms with E-state index >= 15 is 4.39 Å². The highest BCUT2D eigenvalue weighted by Gasteiger charge is 2.09. The molecule has 0 spiro atoms. The van der Waals surface area contributed by atoms with Crippen LogP contribution in [0.4, 0.5) is 4.39 Å². The molecule has 0 saturated heterocycles. The molecule has 166 valence electrons. The average Bonchev–Trinajstić information content (AvgIpc) is 2.87. The van der Waals surface area contributed by atoms with Crippen molar-refractivity contribution in [3.8, 4) is 22.9 Å². The summed E-state index contributed by atoms with van der Waals surface area (Å²) >= 11 is 0. The van der Waals surface area contributed by atoms with Crippen molar-refractivity contribution in [1.82, 2.24) is 0 Å². The SMILES string of the molecule is CCCCCOc1ccc(-c2ccc3c(F)c(CCc4ccc(C#N)cc4)ccc3c2)cc1. The minimum atomic E-state index is -0.150. The van der Waals surface area contributed by atoms with Crippen LogP contribution in [-0.4, -0.2) is 6.61 Å². The summed E-state index contributed by atoms with van der Waals surface area (Å²) in [7, 11) is 0. The summed E-state index contributed by atoms with van der Waals surface area (Å²) in [6.07, 6.45) is 4.80. The van der Waals surface area contributed by atoms with Gasteiger partial charge in [-0.25, -0.2) is 4.39 Å². The molecule has 33 heavy (non-hydrogen) atoms. The minimum Gasteiger partial charge on any atom is -0.494 e. The molecule has 0 saturated carbocycles. The van der Waals surface area contributed by atoms with Gasteiger partial charge in [0.15, 0.2) is 0 Å². The van der Waals surface area contributed by atoms with E-state index in [9.17, 15) is 0 Å². The maximum absolute atomic E-state index is 15.2. The summed E-state index contributed by atoms with van der Waals surface area (Å²) in [6.45, 7) is 2.93. The van der Waals surface area contributed by atoms with E-state index in [2.05, 4.69) is 25.1 Å². The number of unbranched alkanes of at least 4 members (excludes halogenated alkanes) is 2. The third-order valence-electron chi connectivity index (χ3n) is 6.00. The van der Waals surface area contributed by atoms with Crippen molar-refractivity contribution in [2.75, 3.05) is 6.61 Å². The van der Waals surface area contributed by atoms with E-state index < -0.39 is 0 Å². The number of aryl methyl sites for hydroxylation is 2. The predicted molar refractivity (Wildman–Crippen MR) is 133 cm³/mol. The van der Waals surface area contributed by atoms with Crippen LogP contribution in [0, 0.1) is 17.1 Å². The Kier molecular flexibility index (Phi) is 7.37. The summed E-state index contributed by atoms with van der Waals surface area (Å²) in [5.41, 5.74) is 4.60. The van der Waals surface area contributed by atoms with Crippen molar-refractivity contribution in [3.05, 3.63) is 101 Å². The number of nitrogens with zero attached hydrogens (tertiary/aromatic N) is 1. The highest BCUT2D eigenvalue weighted by atomic mass is 19.1. The molecule has 0 heterocycles. The first-order valence-electron chi connectivity index (χ1n) is 11.6. The Balaban J connectivity index is 1.46. The van der Waals surface area contributed by atoms with Gasteiger partial charge in [-0.1, -0.05) is 68.3 Å². The van der Waals surface area contributed by atoms with Crippen molar-refractivity contribution in [2.45, 2.75) is 39.0 Å². The Morgan fingerprint density at radius 3 is 2.30 bits per heavy atom. The second kappa shape index (κ2) is 10.8. The van der Waals surface area contributed by atoms with Crippen LogP contribution in [0.3, 0.4) is 0 Å². The molecule has 0 fully saturated rings. The van der Waals surface area contributed by atoms with Crippen LogP contribution in [0.25, 0.3) is 21.9 Å². The van der Waals surface area contributed by atoms with Crippen molar-refractivity contribution >= 4 is 10.8 Å². The number of halogens is 1. The van der Waals surface area contributed by atoms with Crippen LogP contribution < -0.4 is 4.74 Å². The summed E-state index contributed by atoms with van der Waals surface area (Å²) < 4.78 is 21.0. The van der Waals surface area contributed by atoms with Gasteiger partial charge < -0.3 is 4.74 Å². The molecule has 0 amide bonds. The zero-order chi connectivity index (χ0) is 23.0. The second-order valence-corrected chi connectivity index (χ2v) is 8.36. The van der Waals surface area contributed by atoms with Gasteiger partial charge in [-0.05, 0) is 77.2 Å². The first-order valence-corrected chi connectivity index (χ1v) is 11.6. The standard InChI is InChI=1S/C30H28FNO/c1-2-3-4-19-33-28-16-13-24(14-17-28)26-15-18-29-27(20-26)12-11-25(30(29)31)10-9-22-5-7-23(21-32)8-6-22/h5-8,11-18,20H,2-4,9-10,19H2,1H3. The Morgan fingerprint density at radius 2 is 1.58 bits per heavy atom. The zero-order valence-electron chi connectivity index (χ0n) is 19.0. The molecule has 0 aliphatic heterocycles. The van der Waals surface area contributed by atoms with Gasteiger partial charge in [0.1, 0.15) is 11.6 Å². The molecule has 0 unspecified atom stereocenters. The van der Waals surface area contributed by atoms with Gasteiger partial charge in [-0.15, -0.1) is 0 Å².